The SMILES string of the molecule is COCCN(CCOC)Cc1ccc(CC(N)=S)cc1. The molecule has 0 unspecified atom stereocenters. The van der Waals surface area contributed by atoms with E-state index >= 15 is 0 Å². The van der Waals surface area contributed by atoms with Crippen LogP contribution in [-0.2, 0) is 22.4 Å². The molecular weight excluding hydrogens is 272 g/mol. The summed E-state index contributed by atoms with van der Waals surface area (Å²) >= 11 is 4.92. The van der Waals surface area contributed by atoms with E-state index < -0.39 is 0 Å². The normalized spacial score (nSPS) is 10.9. The standard InChI is InChI=1S/C15H24N2O2S/c1-18-9-7-17(8-10-19-2)12-14-5-3-13(4-6-14)11-15(16)20/h3-6H,7-12H2,1-2H3,(H2,16,20). The van der Waals surface area contributed by atoms with E-state index in [1.807, 2.05) is 0 Å². The number of thiocarbonyl (C=S) groups is 1. The van der Waals surface area contributed by atoms with Crippen LogP contribution in [0.1, 0.15) is 11.1 Å². The van der Waals surface area contributed by atoms with E-state index in [4.69, 9.17) is 27.4 Å². The highest BCUT2D eigenvalue weighted by Crippen LogP contribution is 2.08. The predicted octanol–water partition coefficient (Wildman–Crippen LogP) is 1.61. The summed E-state index contributed by atoms with van der Waals surface area (Å²) in [4.78, 5) is 2.84. The van der Waals surface area contributed by atoms with Crippen molar-refractivity contribution in [3.63, 3.8) is 0 Å². The molecule has 0 fully saturated rings. The number of nitrogens with two attached hydrogens (primary N) is 1. The average Bonchev–Trinajstić information content (AvgIpc) is 2.43. The van der Waals surface area contributed by atoms with E-state index in [0.29, 0.717) is 11.4 Å². The Hall–Kier alpha value is -1.01. The fourth-order valence-corrected chi connectivity index (χ4v) is 2.10. The topological polar surface area (TPSA) is 47.7 Å². The van der Waals surface area contributed by atoms with Gasteiger partial charge < -0.3 is 15.2 Å². The Labute approximate surface area is 126 Å². The smallest absolute Gasteiger partial charge is 0.0771 e. The van der Waals surface area contributed by atoms with Crippen LogP contribution < -0.4 is 5.73 Å². The van der Waals surface area contributed by atoms with Crippen molar-refractivity contribution in [2.75, 3.05) is 40.5 Å². The zero-order chi connectivity index (χ0) is 14.8. The highest BCUT2D eigenvalue weighted by atomic mass is 32.1. The molecule has 0 heterocycles. The summed E-state index contributed by atoms with van der Waals surface area (Å²) in [5.41, 5.74) is 7.97. The van der Waals surface area contributed by atoms with Gasteiger partial charge in [-0.25, -0.2) is 0 Å². The second-order valence-electron chi connectivity index (χ2n) is 4.72. The van der Waals surface area contributed by atoms with Gasteiger partial charge in [-0.1, -0.05) is 36.5 Å². The lowest BCUT2D eigenvalue weighted by molar-refractivity contribution is 0.110. The van der Waals surface area contributed by atoms with E-state index in [1.165, 1.54) is 5.56 Å². The Morgan fingerprint density at radius 1 is 1.05 bits per heavy atom. The fraction of sp³-hybridized carbons (Fsp3) is 0.533. The van der Waals surface area contributed by atoms with Crippen LogP contribution in [0.15, 0.2) is 24.3 Å². The molecule has 112 valence electrons. The van der Waals surface area contributed by atoms with Crippen LogP contribution in [0.3, 0.4) is 0 Å². The molecule has 0 aliphatic heterocycles. The maximum atomic E-state index is 5.55. The molecule has 0 aliphatic carbocycles. The third-order valence-electron chi connectivity index (χ3n) is 3.03. The van der Waals surface area contributed by atoms with Crippen molar-refractivity contribution < 1.29 is 9.47 Å². The number of methoxy groups -OCH3 is 2. The lowest BCUT2D eigenvalue weighted by atomic mass is 10.1. The molecule has 0 bridgehead atoms. The van der Waals surface area contributed by atoms with Gasteiger partial charge in [-0.2, -0.15) is 0 Å². The Kier molecular flexibility index (Phi) is 8.37. The van der Waals surface area contributed by atoms with Crippen LogP contribution in [0, 0.1) is 0 Å². The van der Waals surface area contributed by atoms with Crippen LogP contribution >= 0.6 is 12.2 Å². The molecule has 0 amide bonds. The zero-order valence-corrected chi connectivity index (χ0v) is 13.1. The van der Waals surface area contributed by atoms with E-state index in [1.54, 1.807) is 14.2 Å². The summed E-state index contributed by atoms with van der Waals surface area (Å²) in [7, 11) is 3.44. The zero-order valence-electron chi connectivity index (χ0n) is 12.3. The van der Waals surface area contributed by atoms with Crippen molar-refractivity contribution in [3.05, 3.63) is 35.4 Å². The van der Waals surface area contributed by atoms with Gasteiger partial charge in [0, 0.05) is 40.3 Å². The van der Waals surface area contributed by atoms with Crippen molar-refractivity contribution in [2.24, 2.45) is 5.73 Å². The first-order chi connectivity index (χ1) is 9.65. The Morgan fingerprint density at radius 2 is 1.55 bits per heavy atom. The number of benzene rings is 1. The van der Waals surface area contributed by atoms with E-state index in [2.05, 4.69) is 29.2 Å². The van der Waals surface area contributed by atoms with Crippen LogP contribution in [0.4, 0.5) is 0 Å². The average molecular weight is 296 g/mol. The number of hydrogen-bond donors (Lipinski definition) is 1. The Morgan fingerprint density at radius 3 is 2.00 bits per heavy atom. The molecule has 1 rings (SSSR count). The summed E-state index contributed by atoms with van der Waals surface area (Å²) in [6.45, 7) is 4.13. The van der Waals surface area contributed by atoms with Gasteiger partial charge in [-0.15, -0.1) is 0 Å². The first-order valence-electron chi connectivity index (χ1n) is 6.72. The first kappa shape index (κ1) is 17.0. The molecule has 1 aromatic carbocycles. The van der Waals surface area contributed by atoms with Crippen molar-refractivity contribution >= 4 is 17.2 Å². The number of hydrogen-bond acceptors (Lipinski definition) is 4. The molecule has 0 atom stereocenters. The predicted molar refractivity (Wildman–Crippen MR) is 86.0 cm³/mol. The number of nitrogens with zero attached hydrogens (tertiary/aromatic N) is 1. The Bertz CT molecular complexity index is 387. The van der Waals surface area contributed by atoms with Crippen LogP contribution in [-0.4, -0.2) is 50.4 Å². The van der Waals surface area contributed by atoms with Crippen LogP contribution in [0.25, 0.3) is 0 Å². The molecule has 0 aliphatic rings. The third-order valence-corrected chi connectivity index (χ3v) is 3.18. The highest BCUT2D eigenvalue weighted by Gasteiger charge is 2.06. The molecular formula is C15H24N2O2S. The summed E-state index contributed by atoms with van der Waals surface area (Å²) in [5, 5.41) is 0. The minimum absolute atomic E-state index is 0.527. The summed E-state index contributed by atoms with van der Waals surface area (Å²) in [6.07, 6.45) is 0.659. The van der Waals surface area contributed by atoms with Crippen LogP contribution in [0.2, 0.25) is 0 Å². The van der Waals surface area contributed by atoms with E-state index in [0.717, 1.165) is 38.4 Å². The monoisotopic (exact) mass is 296 g/mol. The summed E-state index contributed by atoms with van der Waals surface area (Å²) < 4.78 is 10.3. The lowest BCUT2D eigenvalue weighted by Crippen LogP contribution is -2.30. The van der Waals surface area contributed by atoms with Gasteiger partial charge in [0.1, 0.15) is 0 Å². The van der Waals surface area contributed by atoms with Gasteiger partial charge in [0.25, 0.3) is 0 Å². The maximum absolute atomic E-state index is 5.55. The number of rotatable bonds is 10. The van der Waals surface area contributed by atoms with Gasteiger partial charge >= 0.3 is 0 Å². The van der Waals surface area contributed by atoms with Crippen molar-refractivity contribution in [1.82, 2.24) is 4.90 Å². The van der Waals surface area contributed by atoms with Gasteiger partial charge in [-0.05, 0) is 11.1 Å². The van der Waals surface area contributed by atoms with Gasteiger partial charge in [-0.3, -0.25) is 4.90 Å². The minimum Gasteiger partial charge on any atom is -0.393 e. The highest BCUT2D eigenvalue weighted by molar-refractivity contribution is 7.80. The second-order valence-corrected chi connectivity index (χ2v) is 5.25. The molecule has 5 heteroatoms. The molecule has 2 N–H and O–H groups in total. The molecule has 0 spiro atoms. The van der Waals surface area contributed by atoms with Crippen LogP contribution in [0.5, 0.6) is 0 Å². The minimum atomic E-state index is 0.527. The third kappa shape index (κ3) is 6.96. The molecule has 4 nitrogen and oxygen atoms in total. The molecule has 0 radical (unpaired) electrons. The Balaban J connectivity index is 2.55. The molecule has 1 aromatic rings. The van der Waals surface area contributed by atoms with E-state index in [9.17, 15) is 0 Å². The fourth-order valence-electron chi connectivity index (χ4n) is 1.93. The maximum Gasteiger partial charge on any atom is 0.0771 e. The van der Waals surface area contributed by atoms with Gasteiger partial charge in [0.05, 0.1) is 18.2 Å². The first-order valence-corrected chi connectivity index (χ1v) is 7.13. The molecule has 0 saturated heterocycles. The molecule has 0 aromatic heterocycles. The second kappa shape index (κ2) is 9.83. The van der Waals surface area contributed by atoms with E-state index in [-0.39, 0.29) is 0 Å². The lowest BCUT2D eigenvalue weighted by Gasteiger charge is -2.21. The van der Waals surface area contributed by atoms with Crippen molar-refractivity contribution in [1.29, 1.82) is 0 Å². The largest absolute Gasteiger partial charge is 0.393 e. The quantitative estimate of drug-likeness (QED) is 0.665. The van der Waals surface area contributed by atoms with Gasteiger partial charge in [0.15, 0.2) is 0 Å². The van der Waals surface area contributed by atoms with Crippen molar-refractivity contribution in [3.8, 4) is 0 Å². The van der Waals surface area contributed by atoms with Crippen molar-refractivity contribution in [2.45, 2.75) is 13.0 Å². The number of ether oxygens (including phenoxy) is 2. The molecule has 0 saturated carbocycles. The summed E-state index contributed by atoms with van der Waals surface area (Å²) in [6, 6.07) is 8.42. The summed E-state index contributed by atoms with van der Waals surface area (Å²) in [5.74, 6) is 0. The van der Waals surface area contributed by atoms with Gasteiger partial charge in [0.2, 0.25) is 0 Å². The molecule has 20 heavy (non-hydrogen) atoms.